The summed E-state index contributed by atoms with van der Waals surface area (Å²) in [6.07, 6.45) is 8.91. The van der Waals surface area contributed by atoms with Crippen LogP contribution in [-0.4, -0.2) is 59.1 Å². The largest absolute Gasteiger partial charge is 0.479 e. The molecule has 0 aromatic heterocycles. The van der Waals surface area contributed by atoms with Crippen LogP contribution in [0.5, 0.6) is 5.75 Å². The maximum atomic E-state index is 13.9. The Hall–Kier alpha value is -1.73. The first-order valence-electron chi connectivity index (χ1n) is 18.7. The number of ether oxygens (including phenoxy) is 3. The second-order valence-corrected chi connectivity index (χ2v) is 28.2. The first-order valence-corrected chi connectivity index (χ1v) is 25.3. The van der Waals surface area contributed by atoms with Gasteiger partial charge in [-0.3, -0.25) is 4.79 Å². The Bertz CT molecular complexity index is 1390. The molecule has 0 saturated carbocycles. The van der Waals surface area contributed by atoms with Gasteiger partial charge >= 0.3 is 11.9 Å². The van der Waals surface area contributed by atoms with Crippen molar-refractivity contribution >= 4 is 44.5 Å². The van der Waals surface area contributed by atoms with Crippen LogP contribution in [-0.2, 0) is 27.9 Å². The van der Waals surface area contributed by atoms with Crippen LogP contribution in [0.2, 0.25) is 36.3 Å². The Morgan fingerprint density at radius 1 is 0.960 bits per heavy atom. The number of halogens is 1. The van der Waals surface area contributed by atoms with Crippen LogP contribution in [0.15, 0.2) is 52.5 Å². The summed E-state index contributed by atoms with van der Waals surface area (Å²) >= 11 is 3.47. The van der Waals surface area contributed by atoms with Crippen LogP contribution >= 0.6 is 15.9 Å². The predicted octanol–water partition coefficient (Wildman–Crippen LogP) is 10.6. The van der Waals surface area contributed by atoms with Crippen molar-refractivity contribution in [1.82, 2.24) is 0 Å². The lowest BCUT2D eigenvalue weighted by atomic mass is 9.66. The van der Waals surface area contributed by atoms with Gasteiger partial charge in [0.25, 0.3) is 0 Å². The van der Waals surface area contributed by atoms with Gasteiger partial charge in [0, 0.05) is 23.2 Å². The number of rotatable bonds is 12. The predicted molar refractivity (Wildman–Crippen MR) is 209 cm³/mol. The molecule has 5 unspecified atom stereocenters. The second-order valence-electron chi connectivity index (χ2n) is 17.8. The van der Waals surface area contributed by atoms with Crippen LogP contribution in [0.1, 0.15) is 93.9 Å². The van der Waals surface area contributed by atoms with Gasteiger partial charge in [-0.05, 0) is 97.2 Å². The molecule has 3 aliphatic rings. The van der Waals surface area contributed by atoms with Crippen molar-refractivity contribution in [3.8, 4) is 5.75 Å². The molecule has 2 aliphatic carbocycles. The van der Waals surface area contributed by atoms with Gasteiger partial charge in [-0.2, -0.15) is 0 Å². The summed E-state index contributed by atoms with van der Waals surface area (Å²) in [4.78, 5) is 26.7. The first-order chi connectivity index (χ1) is 23.1. The molecule has 1 fully saturated rings. The molecule has 50 heavy (non-hydrogen) atoms. The van der Waals surface area contributed by atoms with Crippen molar-refractivity contribution in [3.63, 3.8) is 0 Å². The van der Waals surface area contributed by atoms with E-state index < -0.39 is 22.7 Å². The first kappa shape index (κ1) is 41.0. The van der Waals surface area contributed by atoms with Crippen LogP contribution in [0.25, 0.3) is 0 Å². The lowest BCUT2D eigenvalue weighted by Gasteiger charge is -2.46. The molecule has 0 amide bonds. The minimum atomic E-state index is -2.11. The van der Waals surface area contributed by atoms with Gasteiger partial charge in [0.2, 0.25) is 0 Å². The smallest absolute Gasteiger partial charge is 0.347 e. The Kier molecular flexibility index (Phi) is 13.2. The number of carbonyl (C=O) groups excluding carboxylic acids is 2. The van der Waals surface area contributed by atoms with Crippen molar-refractivity contribution in [1.29, 1.82) is 0 Å². The highest BCUT2D eigenvalue weighted by molar-refractivity contribution is 9.10. The third-order valence-corrected chi connectivity index (χ3v) is 21.5. The zero-order valence-electron chi connectivity index (χ0n) is 32.6. The standard InChI is InChI=1S/C40H63BrO7Si2/c1-13-34(44-29-18-16-28(41)17-19-29)38(43)46-35-24-31(47-49(9,10)39(3,4)5)22-27-15-14-26(2)33(37(27)35)21-20-30-23-32(25-36(42)45-30)48-50(11,12)40(6,7)8/h14-19,22,26,30-35,37H,13,20-21,23-25H2,1-12H3/t26?,30-,31?,32-,33?,34+,35?,37?/m1/s1. The fourth-order valence-corrected chi connectivity index (χ4v) is 9.80. The molecule has 4 rings (SSSR count). The van der Waals surface area contributed by atoms with Crippen molar-refractivity contribution in [3.05, 3.63) is 52.5 Å². The van der Waals surface area contributed by atoms with Crippen molar-refractivity contribution in [2.24, 2.45) is 17.8 Å². The fourth-order valence-electron chi connectivity index (χ4n) is 6.89. The third-order valence-electron chi connectivity index (χ3n) is 11.9. The summed E-state index contributed by atoms with van der Waals surface area (Å²) in [5, 5.41) is 0.111. The van der Waals surface area contributed by atoms with Gasteiger partial charge in [-0.15, -0.1) is 0 Å². The number of hydrogen-bond acceptors (Lipinski definition) is 7. The maximum Gasteiger partial charge on any atom is 0.347 e. The number of cyclic esters (lactones) is 1. The normalized spacial score (nSPS) is 28.3. The molecule has 1 saturated heterocycles. The van der Waals surface area contributed by atoms with E-state index in [-0.39, 0.29) is 64.2 Å². The van der Waals surface area contributed by atoms with E-state index in [0.29, 0.717) is 25.0 Å². The number of hydrogen-bond donors (Lipinski definition) is 0. The van der Waals surface area contributed by atoms with E-state index in [9.17, 15) is 9.59 Å². The van der Waals surface area contributed by atoms with Crippen molar-refractivity contribution in [2.75, 3.05) is 0 Å². The topological polar surface area (TPSA) is 80.3 Å². The fraction of sp³-hybridized carbons (Fsp3) is 0.700. The van der Waals surface area contributed by atoms with E-state index in [2.05, 4.69) is 109 Å². The molecule has 0 radical (unpaired) electrons. The second kappa shape index (κ2) is 16.1. The van der Waals surface area contributed by atoms with E-state index >= 15 is 0 Å². The van der Waals surface area contributed by atoms with Crippen LogP contribution in [0, 0.1) is 17.8 Å². The Morgan fingerprint density at radius 2 is 1.58 bits per heavy atom. The summed E-state index contributed by atoms with van der Waals surface area (Å²) in [7, 11) is -4.14. The van der Waals surface area contributed by atoms with Gasteiger partial charge in [0.15, 0.2) is 22.7 Å². The summed E-state index contributed by atoms with van der Waals surface area (Å²) in [6.45, 7) is 26.6. The zero-order valence-corrected chi connectivity index (χ0v) is 36.2. The molecule has 8 atom stereocenters. The van der Waals surface area contributed by atoms with Crippen molar-refractivity contribution < 1.29 is 32.7 Å². The van der Waals surface area contributed by atoms with Gasteiger partial charge in [0.1, 0.15) is 18.0 Å². The highest BCUT2D eigenvalue weighted by atomic mass is 79.9. The number of benzene rings is 1. The molecule has 280 valence electrons. The maximum absolute atomic E-state index is 13.9. The van der Waals surface area contributed by atoms with Crippen LogP contribution < -0.4 is 4.74 Å². The Balaban J connectivity index is 1.56. The number of fused-ring (bicyclic) bond motifs is 1. The molecular weight excluding hydrogens is 729 g/mol. The molecular formula is C40H63BrO7Si2. The zero-order chi connectivity index (χ0) is 37.2. The Morgan fingerprint density at radius 3 is 2.18 bits per heavy atom. The molecule has 0 N–H and O–H groups in total. The van der Waals surface area contributed by atoms with E-state index in [4.69, 9.17) is 23.1 Å². The monoisotopic (exact) mass is 790 g/mol. The lowest BCUT2D eigenvalue weighted by molar-refractivity contribution is -0.164. The van der Waals surface area contributed by atoms with Crippen molar-refractivity contribution in [2.45, 2.75) is 161 Å². The molecule has 10 heteroatoms. The lowest BCUT2D eigenvalue weighted by Crippen LogP contribution is -2.49. The van der Waals surface area contributed by atoms with Gasteiger partial charge in [-0.25, -0.2) is 4.79 Å². The van der Waals surface area contributed by atoms with E-state index in [1.807, 2.05) is 31.2 Å². The quantitative estimate of drug-likeness (QED) is 0.154. The van der Waals surface area contributed by atoms with E-state index in [0.717, 1.165) is 23.7 Å². The highest BCUT2D eigenvalue weighted by Crippen LogP contribution is 2.47. The molecule has 1 aromatic carbocycles. The minimum absolute atomic E-state index is 0.00183. The molecule has 1 heterocycles. The van der Waals surface area contributed by atoms with Gasteiger partial charge < -0.3 is 23.1 Å². The Labute approximate surface area is 312 Å². The minimum Gasteiger partial charge on any atom is -0.479 e. The number of allylic oxidation sites excluding steroid dienone is 2. The van der Waals surface area contributed by atoms with E-state index in [1.54, 1.807) is 0 Å². The van der Waals surface area contributed by atoms with Gasteiger partial charge in [-0.1, -0.05) is 89.5 Å². The van der Waals surface area contributed by atoms with Crippen LogP contribution in [0.3, 0.4) is 0 Å². The SMILES string of the molecule is CC[C@H](Oc1ccc(Br)cc1)C(=O)OC1CC(O[Si](C)(C)C(C)(C)C)C=C2C=CC(C)C(CC[C@@H]3C[C@@H](O[Si](C)(C)C(C)(C)C)CC(=O)O3)C21. The molecule has 0 spiro atoms. The molecule has 1 aromatic rings. The average Bonchev–Trinajstić information content (AvgIpc) is 2.98. The summed E-state index contributed by atoms with van der Waals surface area (Å²) < 4.78 is 33.2. The highest BCUT2D eigenvalue weighted by Gasteiger charge is 2.47. The molecule has 1 aliphatic heterocycles. The van der Waals surface area contributed by atoms with E-state index in [1.165, 1.54) is 5.57 Å². The average molecular weight is 792 g/mol. The summed E-state index contributed by atoms with van der Waals surface area (Å²) in [6, 6.07) is 7.52. The summed E-state index contributed by atoms with van der Waals surface area (Å²) in [5.74, 6) is 0.572. The molecule has 0 bridgehead atoms. The van der Waals surface area contributed by atoms with Crippen LogP contribution in [0.4, 0.5) is 0 Å². The van der Waals surface area contributed by atoms with Gasteiger partial charge in [0.05, 0.1) is 18.6 Å². The third kappa shape index (κ3) is 10.2. The number of carbonyl (C=O) groups is 2. The summed E-state index contributed by atoms with van der Waals surface area (Å²) in [5.41, 5.74) is 1.17. The molecule has 7 nitrogen and oxygen atoms in total. The number of esters is 2.